The number of aromatic nitrogens is 2. The van der Waals surface area contributed by atoms with E-state index >= 15 is 0 Å². The van der Waals surface area contributed by atoms with E-state index in [2.05, 4.69) is 15.1 Å². The molecule has 2 aromatic heterocycles. The minimum Gasteiger partial charge on any atom is -0.331 e. The van der Waals surface area contributed by atoms with Gasteiger partial charge in [0.25, 0.3) is 5.96 Å². The van der Waals surface area contributed by atoms with E-state index in [-0.39, 0.29) is 5.96 Å². The van der Waals surface area contributed by atoms with Crippen LogP contribution >= 0.6 is 11.6 Å². The molecule has 3 rings (SSSR count). The zero-order valence-corrected chi connectivity index (χ0v) is 12.8. The van der Waals surface area contributed by atoms with Crippen LogP contribution in [0.25, 0.3) is 0 Å². The molecule has 0 amide bonds. The normalized spacial score (nSPS) is 16.1. The van der Waals surface area contributed by atoms with E-state index in [1.165, 1.54) is 0 Å². The maximum absolute atomic E-state index is 10.9. The Bertz CT molecular complexity index is 722. The molecule has 1 saturated heterocycles. The summed E-state index contributed by atoms with van der Waals surface area (Å²) in [7, 11) is 0. The van der Waals surface area contributed by atoms with Crippen LogP contribution in [-0.2, 0) is 6.54 Å². The number of rotatable bonds is 4. The summed E-state index contributed by atoms with van der Waals surface area (Å²) in [4.78, 5) is 22.6. The predicted molar refractivity (Wildman–Crippen MR) is 85.7 cm³/mol. The van der Waals surface area contributed by atoms with Crippen LogP contribution in [0.2, 0.25) is 5.15 Å². The van der Waals surface area contributed by atoms with Crippen molar-refractivity contribution in [2.75, 3.05) is 18.0 Å². The zero-order valence-electron chi connectivity index (χ0n) is 12.0. The summed E-state index contributed by atoms with van der Waals surface area (Å²) >= 11 is 5.78. The Hall–Kier alpha value is -2.74. The lowest BCUT2D eigenvalue weighted by atomic mass is 10.3. The number of guanidine groups is 1. The van der Waals surface area contributed by atoms with E-state index in [4.69, 9.17) is 11.6 Å². The lowest BCUT2D eigenvalue weighted by Crippen LogP contribution is -2.34. The Kier molecular flexibility index (Phi) is 4.33. The molecule has 0 saturated carbocycles. The molecule has 0 atom stereocenters. The first-order valence-corrected chi connectivity index (χ1v) is 7.27. The molecule has 1 fully saturated rings. The van der Waals surface area contributed by atoms with Crippen LogP contribution in [0.1, 0.15) is 5.56 Å². The second-order valence-electron chi connectivity index (χ2n) is 4.91. The van der Waals surface area contributed by atoms with Gasteiger partial charge in [-0.1, -0.05) is 17.7 Å². The molecule has 0 aromatic carbocycles. The topological polar surface area (TPSA) is 87.8 Å². The van der Waals surface area contributed by atoms with E-state index in [9.17, 15) is 10.1 Å². The van der Waals surface area contributed by atoms with E-state index in [1.807, 2.05) is 17.0 Å². The number of nitrogens with zero attached hydrogens (tertiary/aromatic N) is 6. The van der Waals surface area contributed by atoms with Gasteiger partial charge in [-0.2, -0.15) is 0 Å². The molecule has 9 heteroatoms. The highest BCUT2D eigenvalue weighted by atomic mass is 35.5. The van der Waals surface area contributed by atoms with Crippen molar-refractivity contribution in [1.82, 2.24) is 14.9 Å². The van der Waals surface area contributed by atoms with Gasteiger partial charge >= 0.3 is 0 Å². The summed E-state index contributed by atoms with van der Waals surface area (Å²) in [6.07, 6.45) is 4.96. The number of hydrogen-bond acceptors (Lipinski definition) is 4. The van der Waals surface area contributed by atoms with Gasteiger partial charge in [0.2, 0.25) is 0 Å². The van der Waals surface area contributed by atoms with E-state index in [0.717, 1.165) is 11.3 Å². The molecular formula is C14H13ClN6O2. The van der Waals surface area contributed by atoms with Crippen LogP contribution in [0.15, 0.2) is 48.0 Å². The maximum Gasteiger partial charge on any atom is 0.278 e. The number of pyridine rings is 2. The van der Waals surface area contributed by atoms with E-state index in [0.29, 0.717) is 24.8 Å². The third kappa shape index (κ3) is 3.54. The molecular weight excluding hydrogens is 320 g/mol. The minimum absolute atomic E-state index is 0.290. The average Bonchev–Trinajstić information content (AvgIpc) is 2.92. The van der Waals surface area contributed by atoms with Gasteiger partial charge in [-0.25, -0.2) is 15.1 Å². The fraction of sp³-hybridized carbons (Fsp3) is 0.214. The standard InChI is InChI=1S/C14H13ClN6O2/c15-13-4-3-11(8-17-13)10-19-6-7-20(14(19)18-21(22)23)12-2-1-5-16-9-12/h1-5,8-9H,6-7,10H2. The summed E-state index contributed by atoms with van der Waals surface area (Å²) in [5.41, 5.74) is 1.67. The Labute approximate surface area is 137 Å². The van der Waals surface area contributed by atoms with Crippen molar-refractivity contribution in [3.63, 3.8) is 0 Å². The van der Waals surface area contributed by atoms with Gasteiger partial charge in [0.1, 0.15) is 10.3 Å². The van der Waals surface area contributed by atoms with Crippen molar-refractivity contribution in [3.05, 3.63) is 63.7 Å². The molecule has 0 N–H and O–H groups in total. The lowest BCUT2D eigenvalue weighted by molar-refractivity contribution is -0.485. The highest BCUT2D eigenvalue weighted by Gasteiger charge is 2.31. The summed E-state index contributed by atoms with van der Waals surface area (Å²) in [6.45, 7) is 1.68. The molecule has 1 aliphatic heterocycles. The van der Waals surface area contributed by atoms with Crippen LogP contribution in [0.4, 0.5) is 5.69 Å². The van der Waals surface area contributed by atoms with Gasteiger partial charge in [0, 0.05) is 32.0 Å². The largest absolute Gasteiger partial charge is 0.331 e. The van der Waals surface area contributed by atoms with Crippen molar-refractivity contribution in [2.24, 2.45) is 5.10 Å². The summed E-state index contributed by atoms with van der Waals surface area (Å²) in [5.74, 6) is 0.290. The van der Waals surface area contributed by atoms with Crippen LogP contribution < -0.4 is 4.90 Å². The molecule has 118 valence electrons. The fourth-order valence-electron chi connectivity index (χ4n) is 2.41. The van der Waals surface area contributed by atoms with Crippen LogP contribution in [0, 0.1) is 10.1 Å². The Morgan fingerprint density at radius 2 is 2.17 bits per heavy atom. The van der Waals surface area contributed by atoms with Crippen molar-refractivity contribution in [1.29, 1.82) is 0 Å². The highest BCUT2D eigenvalue weighted by molar-refractivity contribution is 6.29. The quantitative estimate of drug-likeness (QED) is 0.483. The number of hydrazone groups is 1. The van der Waals surface area contributed by atoms with Gasteiger partial charge in [0.15, 0.2) is 5.03 Å². The van der Waals surface area contributed by atoms with Crippen molar-refractivity contribution in [2.45, 2.75) is 6.54 Å². The Morgan fingerprint density at radius 1 is 1.30 bits per heavy atom. The number of anilines is 1. The van der Waals surface area contributed by atoms with E-state index in [1.54, 1.807) is 35.6 Å². The molecule has 8 nitrogen and oxygen atoms in total. The van der Waals surface area contributed by atoms with Crippen molar-refractivity contribution < 1.29 is 5.03 Å². The van der Waals surface area contributed by atoms with Gasteiger partial charge in [-0.05, 0) is 23.8 Å². The van der Waals surface area contributed by atoms with Crippen LogP contribution in [0.5, 0.6) is 0 Å². The Morgan fingerprint density at radius 3 is 2.83 bits per heavy atom. The lowest BCUT2D eigenvalue weighted by Gasteiger charge is -2.20. The highest BCUT2D eigenvalue weighted by Crippen LogP contribution is 2.21. The Balaban J connectivity index is 1.86. The smallest absolute Gasteiger partial charge is 0.278 e. The first kappa shape index (κ1) is 15.2. The third-order valence-electron chi connectivity index (χ3n) is 3.41. The monoisotopic (exact) mass is 332 g/mol. The minimum atomic E-state index is -0.683. The average molecular weight is 333 g/mol. The van der Waals surface area contributed by atoms with E-state index < -0.39 is 5.03 Å². The number of nitro groups is 1. The van der Waals surface area contributed by atoms with Crippen LogP contribution in [0.3, 0.4) is 0 Å². The van der Waals surface area contributed by atoms with Gasteiger partial charge in [-0.3, -0.25) is 4.98 Å². The first-order valence-electron chi connectivity index (χ1n) is 6.89. The summed E-state index contributed by atoms with van der Waals surface area (Å²) in [5, 5.41) is 14.2. The SMILES string of the molecule is O=[N+]([O-])N=C1N(Cc2ccc(Cl)nc2)CCN1c1cccnc1. The van der Waals surface area contributed by atoms with Crippen molar-refractivity contribution in [3.8, 4) is 0 Å². The van der Waals surface area contributed by atoms with Crippen LogP contribution in [-0.4, -0.2) is 38.9 Å². The molecule has 0 bridgehead atoms. The first-order chi connectivity index (χ1) is 11.1. The molecule has 0 aliphatic carbocycles. The summed E-state index contributed by atoms with van der Waals surface area (Å²) in [6, 6.07) is 7.16. The number of halogens is 1. The molecule has 0 spiro atoms. The fourth-order valence-corrected chi connectivity index (χ4v) is 2.52. The third-order valence-corrected chi connectivity index (χ3v) is 3.63. The maximum atomic E-state index is 10.9. The molecule has 0 unspecified atom stereocenters. The zero-order chi connectivity index (χ0) is 16.2. The predicted octanol–water partition coefficient (Wildman–Crippen LogP) is 2.00. The second-order valence-corrected chi connectivity index (χ2v) is 5.30. The molecule has 3 heterocycles. The van der Waals surface area contributed by atoms with Gasteiger partial charge in [-0.15, -0.1) is 0 Å². The molecule has 1 aliphatic rings. The summed E-state index contributed by atoms with van der Waals surface area (Å²) < 4.78 is 0. The molecule has 23 heavy (non-hydrogen) atoms. The van der Waals surface area contributed by atoms with Gasteiger partial charge < -0.3 is 9.80 Å². The van der Waals surface area contributed by atoms with Gasteiger partial charge in [0.05, 0.1) is 11.9 Å². The second kappa shape index (κ2) is 6.57. The van der Waals surface area contributed by atoms with Crippen molar-refractivity contribution >= 4 is 23.2 Å². The number of hydrogen-bond donors (Lipinski definition) is 0. The molecule has 2 aromatic rings. The molecule has 0 radical (unpaired) electrons.